The molecule has 5 heteroatoms. The lowest BCUT2D eigenvalue weighted by Gasteiger charge is -2.30. The van der Waals surface area contributed by atoms with Gasteiger partial charge in [0.25, 0.3) is 0 Å². The molecular formula is C12H23N3O2. The second-order valence-electron chi connectivity index (χ2n) is 4.79. The van der Waals surface area contributed by atoms with E-state index >= 15 is 0 Å². The number of piperidine rings is 1. The fourth-order valence-corrected chi connectivity index (χ4v) is 2.03. The van der Waals surface area contributed by atoms with Gasteiger partial charge in [-0.05, 0) is 26.3 Å². The molecule has 0 spiro atoms. The summed E-state index contributed by atoms with van der Waals surface area (Å²) in [7, 11) is 1.63. The summed E-state index contributed by atoms with van der Waals surface area (Å²) in [5.74, 6) is -0.189. The van der Waals surface area contributed by atoms with E-state index in [0.29, 0.717) is 6.04 Å². The van der Waals surface area contributed by atoms with Crippen LogP contribution in [-0.2, 0) is 9.59 Å². The molecule has 0 unspecified atom stereocenters. The lowest BCUT2D eigenvalue weighted by atomic mass is 9.99. The highest BCUT2D eigenvalue weighted by Crippen LogP contribution is 2.10. The van der Waals surface area contributed by atoms with Crippen molar-refractivity contribution in [2.24, 2.45) is 0 Å². The van der Waals surface area contributed by atoms with Crippen molar-refractivity contribution < 1.29 is 9.59 Å². The monoisotopic (exact) mass is 241 g/mol. The maximum Gasteiger partial charge on any atom is 0.239 e. The van der Waals surface area contributed by atoms with Crippen molar-refractivity contribution in [1.82, 2.24) is 15.5 Å². The van der Waals surface area contributed by atoms with Crippen molar-refractivity contribution in [1.29, 1.82) is 0 Å². The van der Waals surface area contributed by atoms with Crippen LogP contribution in [0, 0.1) is 0 Å². The van der Waals surface area contributed by atoms with Crippen LogP contribution in [-0.4, -0.2) is 48.9 Å². The van der Waals surface area contributed by atoms with Crippen LogP contribution in [0.3, 0.4) is 0 Å². The minimum atomic E-state index is -0.0948. The Morgan fingerprint density at radius 2 is 2.18 bits per heavy atom. The summed E-state index contributed by atoms with van der Waals surface area (Å²) in [5.41, 5.74) is 0. The number of hydrogen-bond donors (Lipinski definition) is 2. The molecule has 0 aromatic rings. The molecule has 2 amide bonds. The normalized spacial score (nSPS) is 21.7. The Hall–Kier alpha value is -1.10. The molecule has 0 bridgehead atoms. The first kappa shape index (κ1) is 14.0. The number of nitrogens with zero attached hydrogens (tertiary/aromatic N) is 1. The van der Waals surface area contributed by atoms with Gasteiger partial charge in [0, 0.05) is 26.1 Å². The Bertz CT molecular complexity index is 275. The third-order valence-electron chi connectivity index (χ3n) is 3.26. The van der Waals surface area contributed by atoms with Gasteiger partial charge >= 0.3 is 0 Å². The molecule has 17 heavy (non-hydrogen) atoms. The molecule has 0 aromatic carbocycles. The van der Waals surface area contributed by atoms with Gasteiger partial charge in [0.1, 0.15) is 0 Å². The van der Waals surface area contributed by atoms with Crippen molar-refractivity contribution in [3.8, 4) is 0 Å². The van der Waals surface area contributed by atoms with Crippen LogP contribution in [0.1, 0.15) is 33.1 Å². The fraction of sp³-hybridized carbons (Fsp3) is 0.833. The van der Waals surface area contributed by atoms with Crippen molar-refractivity contribution >= 4 is 11.8 Å². The average Bonchev–Trinajstić information content (AvgIpc) is 2.29. The number of carbonyl (C=O) groups excluding carboxylic acids is 2. The first-order valence-electron chi connectivity index (χ1n) is 6.25. The standard InChI is InChI=1S/C12H23N3O2/c1-9(11-6-4-5-7-13-11)14-12(17)8-15(3)10(2)16/h9,11,13H,4-8H2,1-3H3,(H,14,17)/t9-,11-/m1/s1. The second-order valence-corrected chi connectivity index (χ2v) is 4.79. The summed E-state index contributed by atoms with van der Waals surface area (Å²) in [6, 6.07) is 0.471. The van der Waals surface area contributed by atoms with E-state index < -0.39 is 0 Å². The minimum Gasteiger partial charge on any atom is -0.351 e. The van der Waals surface area contributed by atoms with Gasteiger partial charge in [-0.15, -0.1) is 0 Å². The summed E-state index contributed by atoms with van der Waals surface area (Å²) in [6.07, 6.45) is 3.53. The summed E-state index contributed by atoms with van der Waals surface area (Å²) in [5, 5.41) is 6.35. The van der Waals surface area contributed by atoms with Crippen LogP contribution in [0.2, 0.25) is 0 Å². The number of amides is 2. The molecule has 1 aliphatic heterocycles. The third kappa shape index (κ3) is 4.73. The highest BCUT2D eigenvalue weighted by molar-refractivity contribution is 5.83. The van der Waals surface area contributed by atoms with Crippen molar-refractivity contribution in [3.05, 3.63) is 0 Å². The Labute approximate surface area is 103 Å². The zero-order chi connectivity index (χ0) is 12.8. The fourth-order valence-electron chi connectivity index (χ4n) is 2.03. The van der Waals surface area contributed by atoms with Crippen molar-refractivity contribution in [2.45, 2.75) is 45.2 Å². The molecule has 0 saturated carbocycles. The van der Waals surface area contributed by atoms with Crippen molar-refractivity contribution in [2.75, 3.05) is 20.1 Å². The van der Waals surface area contributed by atoms with Gasteiger partial charge in [0.05, 0.1) is 6.54 Å². The molecule has 0 aliphatic carbocycles. The molecule has 1 fully saturated rings. The largest absolute Gasteiger partial charge is 0.351 e. The Morgan fingerprint density at radius 3 is 2.71 bits per heavy atom. The van der Waals surface area contributed by atoms with Crippen LogP contribution in [0.25, 0.3) is 0 Å². The van der Waals surface area contributed by atoms with Crippen LogP contribution < -0.4 is 10.6 Å². The molecule has 2 atom stereocenters. The number of hydrogen-bond acceptors (Lipinski definition) is 3. The van der Waals surface area contributed by atoms with Crippen LogP contribution in [0.4, 0.5) is 0 Å². The summed E-state index contributed by atoms with van der Waals surface area (Å²) in [6.45, 7) is 4.62. The number of carbonyl (C=O) groups is 2. The van der Waals surface area contributed by atoms with Gasteiger partial charge in [0.15, 0.2) is 0 Å². The first-order chi connectivity index (χ1) is 8.00. The van der Waals surface area contributed by atoms with E-state index in [1.165, 1.54) is 24.7 Å². The van der Waals surface area contributed by atoms with Crippen LogP contribution >= 0.6 is 0 Å². The number of rotatable bonds is 4. The smallest absolute Gasteiger partial charge is 0.239 e. The predicted molar refractivity (Wildman–Crippen MR) is 66.6 cm³/mol. The van der Waals surface area contributed by atoms with E-state index in [-0.39, 0.29) is 24.4 Å². The molecule has 98 valence electrons. The highest BCUT2D eigenvalue weighted by atomic mass is 16.2. The topological polar surface area (TPSA) is 61.4 Å². The number of likely N-dealkylation sites (N-methyl/N-ethyl adjacent to an activating group) is 1. The van der Waals surface area contributed by atoms with Gasteiger partial charge in [-0.3, -0.25) is 9.59 Å². The highest BCUT2D eigenvalue weighted by Gasteiger charge is 2.21. The van der Waals surface area contributed by atoms with E-state index in [0.717, 1.165) is 13.0 Å². The summed E-state index contributed by atoms with van der Waals surface area (Å²) in [4.78, 5) is 24.1. The summed E-state index contributed by atoms with van der Waals surface area (Å²) >= 11 is 0. The molecule has 5 nitrogen and oxygen atoms in total. The van der Waals surface area contributed by atoms with Gasteiger partial charge in [0.2, 0.25) is 11.8 Å². The Kier molecular flexibility index (Phi) is 5.41. The maximum atomic E-state index is 11.7. The predicted octanol–water partition coefficient (Wildman–Crippen LogP) is 0.112. The minimum absolute atomic E-state index is 0.0939. The lowest BCUT2D eigenvalue weighted by Crippen LogP contribution is -2.52. The zero-order valence-electron chi connectivity index (χ0n) is 11.0. The van der Waals surface area contributed by atoms with Gasteiger partial charge in [-0.2, -0.15) is 0 Å². The lowest BCUT2D eigenvalue weighted by molar-refractivity contribution is -0.133. The molecule has 1 heterocycles. The van der Waals surface area contributed by atoms with E-state index in [9.17, 15) is 9.59 Å². The molecule has 1 saturated heterocycles. The van der Waals surface area contributed by atoms with Crippen LogP contribution in [0.5, 0.6) is 0 Å². The van der Waals surface area contributed by atoms with Gasteiger partial charge in [-0.1, -0.05) is 6.42 Å². The molecule has 1 rings (SSSR count). The van der Waals surface area contributed by atoms with E-state index in [4.69, 9.17) is 0 Å². The van der Waals surface area contributed by atoms with E-state index in [1.54, 1.807) is 7.05 Å². The number of nitrogens with one attached hydrogen (secondary N) is 2. The van der Waals surface area contributed by atoms with Gasteiger partial charge < -0.3 is 15.5 Å². The SMILES string of the molecule is CC(=O)N(C)CC(=O)N[C@H](C)[C@H]1CCCCN1. The average molecular weight is 241 g/mol. The first-order valence-corrected chi connectivity index (χ1v) is 6.25. The van der Waals surface area contributed by atoms with Crippen molar-refractivity contribution in [3.63, 3.8) is 0 Å². The quantitative estimate of drug-likeness (QED) is 0.734. The molecule has 0 aromatic heterocycles. The van der Waals surface area contributed by atoms with Gasteiger partial charge in [-0.25, -0.2) is 0 Å². The van der Waals surface area contributed by atoms with Crippen LogP contribution in [0.15, 0.2) is 0 Å². The second kappa shape index (κ2) is 6.59. The Morgan fingerprint density at radius 1 is 1.47 bits per heavy atom. The molecular weight excluding hydrogens is 218 g/mol. The molecule has 2 N–H and O–H groups in total. The maximum absolute atomic E-state index is 11.7. The van der Waals surface area contributed by atoms with E-state index in [2.05, 4.69) is 10.6 Å². The Balaban J connectivity index is 2.31. The molecule has 1 aliphatic rings. The van der Waals surface area contributed by atoms with E-state index in [1.807, 2.05) is 6.92 Å². The summed E-state index contributed by atoms with van der Waals surface area (Å²) < 4.78 is 0. The zero-order valence-corrected chi connectivity index (χ0v) is 11.0. The third-order valence-corrected chi connectivity index (χ3v) is 3.26. The molecule has 0 radical (unpaired) electrons.